The van der Waals surface area contributed by atoms with Gasteiger partial charge in [0.2, 0.25) is 0 Å². The maximum Gasteiger partial charge on any atom is 0.276 e. The van der Waals surface area contributed by atoms with Crippen LogP contribution in [-0.4, -0.2) is 26.8 Å². The van der Waals surface area contributed by atoms with Gasteiger partial charge in [0.05, 0.1) is 23.2 Å². The Labute approximate surface area is 143 Å². The smallest absolute Gasteiger partial charge is 0.276 e. The number of nitrogens with zero attached hydrogens (tertiary/aromatic N) is 1. The van der Waals surface area contributed by atoms with Gasteiger partial charge in [-0.25, -0.2) is 4.83 Å². The van der Waals surface area contributed by atoms with Crippen molar-refractivity contribution in [3.63, 3.8) is 0 Å². The van der Waals surface area contributed by atoms with E-state index in [2.05, 4.69) is 9.93 Å². The first-order chi connectivity index (χ1) is 10.8. The van der Waals surface area contributed by atoms with Gasteiger partial charge in [-0.1, -0.05) is 23.2 Å². The Balaban J connectivity index is 2.18. The average molecular weight is 375 g/mol. The van der Waals surface area contributed by atoms with Gasteiger partial charge < -0.3 is 9.84 Å². The van der Waals surface area contributed by atoms with Gasteiger partial charge in [-0.3, -0.25) is 0 Å². The number of benzene rings is 2. The van der Waals surface area contributed by atoms with E-state index in [9.17, 15) is 13.5 Å². The highest BCUT2D eigenvalue weighted by molar-refractivity contribution is 7.89. The molecule has 0 fully saturated rings. The van der Waals surface area contributed by atoms with Crippen LogP contribution in [0.3, 0.4) is 0 Å². The summed E-state index contributed by atoms with van der Waals surface area (Å²) in [5.41, 5.74) is 0.448. The zero-order chi connectivity index (χ0) is 17.0. The van der Waals surface area contributed by atoms with Gasteiger partial charge in [-0.15, -0.1) is 0 Å². The Morgan fingerprint density at radius 3 is 2.48 bits per heavy atom. The van der Waals surface area contributed by atoms with Gasteiger partial charge >= 0.3 is 0 Å². The number of phenols is 1. The van der Waals surface area contributed by atoms with Crippen molar-refractivity contribution in [2.75, 3.05) is 7.11 Å². The standard InChI is InChI=1S/C14H12Cl2N2O4S/c1-22-13-7-9(6-12(16)14(13)19)8-17-18-23(20,21)11-4-2-10(15)3-5-11/h2-8,18-19H,1H3/b17-8+. The van der Waals surface area contributed by atoms with Crippen LogP contribution in [0, 0.1) is 0 Å². The van der Waals surface area contributed by atoms with Gasteiger partial charge in [0.1, 0.15) is 0 Å². The summed E-state index contributed by atoms with van der Waals surface area (Å²) in [6.07, 6.45) is 1.24. The topological polar surface area (TPSA) is 88.0 Å². The second-order valence-electron chi connectivity index (χ2n) is 4.36. The summed E-state index contributed by atoms with van der Waals surface area (Å²) in [4.78, 5) is 2.10. The lowest BCUT2D eigenvalue weighted by molar-refractivity contribution is 0.373. The molecule has 122 valence electrons. The van der Waals surface area contributed by atoms with E-state index in [1.165, 1.54) is 49.7 Å². The number of rotatable bonds is 5. The van der Waals surface area contributed by atoms with Crippen molar-refractivity contribution in [3.8, 4) is 11.5 Å². The molecule has 0 atom stereocenters. The fourth-order valence-electron chi connectivity index (χ4n) is 1.66. The van der Waals surface area contributed by atoms with Crippen molar-refractivity contribution in [1.82, 2.24) is 4.83 Å². The molecule has 2 rings (SSSR count). The molecule has 6 nitrogen and oxygen atoms in total. The number of aromatic hydroxyl groups is 1. The molecule has 2 aromatic carbocycles. The molecule has 0 amide bonds. The van der Waals surface area contributed by atoms with Gasteiger partial charge in [0.15, 0.2) is 11.5 Å². The Kier molecular flexibility index (Phi) is 5.35. The van der Waals surface area contributed by atoms with Crippen LogP contribution in [-0.2, 0) is 10.0 Å². The van der Waals surface area contributed by atoms with E-state index in [1.54, 1.807) is 0 Å². The van der Waals surface area contributed by atoms with Crippen molar-refractivity contribution < 1.29 is 18.3 Å². The van der Waals surface area contributed by atoms with Gasteiger partial charge in [0.25, 0.3) is 10.0 Å². The van der Waals surface area contributed by atoms with Gasteiger partial charge in [0, 0.05) is 5.02 Å². The Morgan fingerprint density at radius 2 is 1.87 bits per heavy atom. The molecule has 2 aromatic rings. The molecule has 0 aliphatic heterocycles. The highest BCUT2D eigenvalue weighted by Crippen LogP contribution is 2.34. The molecule has 0 aliphatic carbocycles. The lowest BCUT2D eigenvalue weighted by Gasteiger charge is -2.06. The van der Waals surface area contributed by atoms with Crippen LogP contribution in [0.4, 0.5) is 0 Å². The number of hydrogen-bond acceptors (Lipinski definition) is 5. The normalized spacial score (nSPS) is 11.6. The second kappa shape index (κ2) is 7.08. The van der Waals surface area contributed by atoms with Crippen LogP contribution < -0.4 is 9.57 Å². The van der Waals surface area contributed by atoms with Crippen molar-refractivity contribution in [1.29, 1.82) is 0 Å². The molecule has 23 heavy (non-hydrogen) atoms. The van der Waals surface area contributed by atoms with E-state index in [0.29, 0.717) is 10.6 Å². The van der Waals surface area contributed by atoms with E-state index >= 15 is 0 Å². The average Bonchev–Trinajstić information content (AvgIpc) is 2.51. The summed E-state index contributed by atoms with van der Waals surface area (Å²) < 4.78 is 29.0. The van der Waals surface area contributed by atoms with E-state index in [1.807, 2.05) is 0 Å². The molecule has 0 radical (unpaired) electrons. The first-order valence-corrected chi connectivity index (χ1v) is 8.44. The Morgan fingerprint density at radius 1 is 1.22 bits per heavy atom. The second-order valence-corrected chi connectivity index (χ2v) is 6.86. The highest BCUT2D eigenvalue weighted by Gasteiger charge is 2.12. The third-order valence-corrected chi connectivity index (χ3v) is 4.56. The minimum Gasteiger partial charge on any atom is -0.503 e. The van der Waals surface area contributed by atoms with Crippen LogP contribution in [0.2, 0.25) is 10.0 Å². The van der Waals surface area contributed by atoms with E-state index in [0.717, 1.165) is 0 Å². The summed E-state index contributed by atoms with van der Waals surface area (Å²) in [5, 5.41) is 13.8. The SMILES string of the molecule is COc1cc(/C=N/NS(=O)(=O)c2ccc(Cl)cc2)cc(Cl)c1O. The van der Waals surface area contributed by atoms with Crippen LogP contribution in [0.1, 0.15) is 5.56 Å². The van der Waals surface area contributed by atoms with Crippen molar-refractivity contribution >= 4 is 39.4 Å². The molecular weight excluding hydrogens is 363 g/mol. The largest absolute Gasteiger partial charge is 0.503 e. The van der Waals surface area contributed by atoms with Crippen LogP contribution in [0.15, 0.2) is 46.4 Å². The summed E-state index contributed by atoms with van der Waals surface area (Å²) in [5.74, 6) is -0.0485. The molecule has 0 heterocycles. The van der Waals surface area contributed by atoms with E-state index < -0.39 is 10.0 Å². The number of hydrogen-bond donors (Lipinski definition) is 2. The maximum atomic E-state index is 12.0. The van der Waals surface area contributed by atoms with E-state index in [-0.39, 0.29) is 21.4 Å². The van der Waals surface area contributed by atoms with Gasteiger partial charge in [-0.05, 0) is 42.0 Å². The maximum absolute atomic E-state index is 12.0. The summed E-state index contributed by atoms with van der Waals surface area (Å²) in [6, 6.07) is 8.52. The van der Waals surface area contributed by atoms with Crippen LogP contribution in [0.5, 0.6) is 11.5 Å². The van der Waals surface area contributed by atoms with Crippen molar-refractivity contribution in [2.24, 2.45) is 5.10 Å². The third-order valence-electron chi connectivity index (χ3n) is 2.78. The molecule has 0 aliphatic rings. The Bertz CT molecular complexity index is 837. The molecule has 0 unspecified atom stereocenters. The minimum atomic E-state index is -3.80. The van der Waals surface area contributed by atoms with Crippen LogP contribution in [0.25, 0.3) is 0 Å². The number of hydrazone groups is 1. The highest BCUT2D eigenvalue weighted by atomic mass is 35.5. The number of nitrogens with one attached hydrogen (secondary N) is 1. The summed E-state index contributed by atoms with van der Waals surface area (Å²) in [6.45, 7) is 0. The van der Waals surface area contributed by atoms with Crippen molar-refractivity contribution in [3.05, 3.63) is 52.0 Å². The lowest BCUT2D eigenvalue weighted by atomic mass is 10.2. The monoisotopic (exact) mass is 374 g/mol. The third kappa shape index (κ3) is 4.28. The molecule has 9 heteroatoms. The fraction of sp³-hybridized carbons (Fsp3) is 0.0714. The number of ether oxygens (including phenoxy) is 1. The quantitative estimate of drug-likeness (QED) is 0.621. The predicted octanol–water partition coefficient (Wildman–Crippen LogP) is 3.02. The number of sulfonamides is 1. The molecule has 0 bridgehead atoms. The zero-order valence-electron chi connectivity index (χ0n) is 11.8. The molecule has 2 N–H and O–H groups in total. The fourth-order valence-corrected chi connectivity index (χ4v) is 2.80. The molecule has 0 spiro atoms. The summed E-state index contributed by atoms with van der Waals surface area (Å²) in [7, 11) is -2.43. The number of halogens is 2. The number of phenolic OH excluding ortho intramolecular Hbond substituents is 1. The summed E-state index contributed by atoms with van der Waals surface area (Å²) >= 11 is 11.5. The first-order valence-electron chi connectivity index (χ1n) is 6.20. The van der Waals surface area contributed by atoms with E-state index in [4.69, 9.17) is 27.9 Å². The van der Waals surface area contributed by atoms with Gasteiger partial charge in [-0.2, -0.15) is 13.5 Å². The predicted molar refractivity (Wildman–Crippen MR) is 89.0 cm³/mol. The molecule has 0 aromatic heterocycles. The zero-order valence-corrected chi connectivity index (χ0v) is 14.2. The number of methoxy groups -OCH3 is 1. The molecule has 0 saturated heterocycles. The lowest BCUT2D eigenvalue weighted by Crippen LogP contribution is -2.18. The first kappa shape index (κ1) is 17.4. The van der Waals surface area contributed by atoms with Crippen LogP contribution >= 0.6 is 23.2 Å². The molecule has 0 saturated carbocycles. The minimum absolute atomic E-state index is 0.0281. The Hall–Kier alpha value is -1.96. The van der Waals surface area contributed by atoms with Crippen molar-refractivity contribution in [2.45, 2.75) is 4.90 Å². The molecular formula is C14H12Cl2N2O4S.